The van der Waals surface area contributed by atoms with Crippen LogP contribution in [0.5, 0.6) is 0 Å². The molecule has 0 aromatic heterocycles. The van der Waals surface area contributed by atoms with E-state index in [1.165, 1.54) is 6.08 Å². The molecule has 0 fully saturated rings. The summed E-state index contributed by atoms with van der Waals surface area (Å²) in [6.07, 6.45) is 1.46. The van der Waals surface area contributed by atoms with Gasteiger partial charge in [0, 0.05) is 13.1 Å². The third kappa shape index (κ3) is 3.78. The number of hydrogen-bond acceptors (Lipinski definition) is 1. The highest BCUT2D eigenvalue weighted by molar-refractivity contribution is 14.1. The van der Waals surface area contributed by atoms with E-state index in [4.69, 9.17) is 0 Å². The van der Waals surface area contributed by atoms with Crippen molar-refractivity contribution in [3.05, 3.63) is 10.2 Å². The van der Waals surface area contributed by atoms with Gasteiger partial charge >= 0.3 is 0 Å². The Balaban J connectivity index is 3.37. The predicted octanol–water partition coefficient (Wildman–Crippen LogP) is 0.681. The first kappa shape index (κ1) is 6.94. The molecular weight excluding hydrogens is 205 g/mol. The topological polar surface area (TPSA) is 29.1 Å². The molecule has 0 aromatic carbocycles. The maximum atomic E-state index is 10.2. The minimum absolute atomic E-state index is 0.0607. The van der Waals surface area contributed by atoms with E-state index in [9.17, 15) is 4.79 Å². The Morgan fingerprint density at radius 3 is 2.57 bits per heavy atom. The summed E-state index contributed by atoms with van der Waals surface area (Å²) >= 11 is 1.98. The van der Waals surface area contributed by atoms with E-state index in [1.54, 1.807) is 11.1 Å². The third-order valence-electron chi connectivity index (χ3n) is 0.461. The molecule has 1 amide bonds. The zero-order valence-corrected chi connectivity index (χ0v) is 6.10. The molecule has 0 unspecified atom stereocenters. The van der Waals surface area contributed by atoms with E-state index < -0.39 is 0 Å². The highest BCUT2D eigenvalue weighted by atomic mass is 127. The van der Waals surface area contributed by atoms with E-state index >= 15 is 0 Å². The van der Waals surface area contributed by atoms with Gasteiger partial charge in [0.2, 0.25) is 5.91 Å². The van der Waals surface area contributed by atoms with Gasteiger partial charge in [-0.2, -0.15) is 0 Å². The summed E-state index contributed by atoms with van der Waals surface area (Å²) in [5.41, 5.74) is 0. The van der Waals surface area contributed by atoms with Gasteiger partial charge in [0.25, 0.3) is 0 Å². The molecule has 0 saturated heterocycles. The second kappa shape index (κ2) is 4.11. The van der Waals surface area contributed by atoms with Gasteiger partial charge in [-0.15, -0.1) is 0 Å². The SMILES string of the molecule is CNC(=O)/C=C/I. The molecule has 40 valence electrons. The standard InChI is InChI=1S/C4H6INO/c1-6-4(7)2-3-5/h2-3H,1H3,(H,6,7)/b3-2+. The van der Waals surface area contributed by atoms with Crippen molar-refractivity contribution in [1.82, 2.24) is 5.32 Å². The number of carbonyl (C=O) groups is 1. The van der Waals surface area contributed by atoms with E-state index in [2.05, 4.69) is 5.32 Å². The van der Waals surface area contributed by atoms with Gasteiger partial charge in [-0.25, -0.2) is 0 Å². The number of halogens is 1. The molecule has 0 bridgehead atoms. The molecule has 0 aliphatic rings. The van der Waals surface area contributed by atoms with E-state index in [0.29, 0.717) is 0 Å². The van der Waals surface area contributed by atoms with E-state index in [-0.39, 0.29) is 5.91 Å². The first-order valence-corrected chi connectivity index (χ1v) is 3.04. The normalized spacial score (nSPS) is 9.43. The Bertz CT molecular complexity index is 89.7. The van der Waals surface area contributed by atoms with Crippen LogP contribution in [0.25, 0.3) is 0 Å². The molecule has 3 heteroatoms. The predicted molar refractivity (Wildman–Crippen MR) is 37.2 cm³/mol. The third-order valence-corrected chi connectivity index (χ3v) is 0.820. The van der Waals surface area contributed by atoms with Gasteiger partial charge in [0.05, 0.1) is 0 Å². The van der Waals surface area contributed by atoms with Crippen molar-refractivity contribution in [2.45, 2.75) is 0 Å². The van der Waals surface area contributed by atoms with Crippen LogP contribution in [-0.4, -0.2) is 13.0 Å². The van der Waals surface area contributed by atoms with Gasteiger partial charge in [-0.1, -0.05) is 22.6 Å². The number of likely N-dealkylation sites (N-methyl/N-ethyl adjacent to an activating group) is 1. The van der Waals surface area contributed by atoms with Crippen LogP contribution in [0.3, 0.4) is 0 Å². The fourth-order valence-electron chi connectivity index (χ4n) is 0.141. The minimum Gasteiger partial charge on any atom is -0.356 e. The van der Waals surface area contributed by atoms with Gasteiger partial charge < -0.3 is 5.32 Å². The summed E-state index contributed by atoms with van der Waals surface area (Å²) in [5.74, 6) is -0.0607. The molecule has 0 heterocycles. The Labute approximate surface area is 56.1 Å². The van der Waals surface area contributed by atoms with Crippen molar-refractivity contribution in [2.75, 3.05) is 7.05 Å². The van der Waals surface area contributed by atoms with Crippen LogP contribution in [0.2, 0.25) is 0 Å². The van der Waals surface area contributed by atoms with Crippen molar-refractivity contribution < 1.29 is 4.79 Å². The van der Waals surface area contributed by atoms with E-state index in [0.717, 1.165) is 0 Å². The fraction of sp³-hybridized carbons (Fsp3) is 0.250. The largest absolute Gasteiger partial charge is 0.356 e. The number of carbonyl (C=O) groups excluding carboxylic acids is 1. The molecule has 0 radical (unpaired) electrons. The van der Waals surface area contributed by atoms with Gasteiger partial charge in [0.15, 0.2) is 0 Å². The summed E-state index contributed by atoms with van der Waals surface area (Å²) in [4.78, 5) is 10.2. The molecule has 0 rings (SSSR count). The molecule has 2 nitrogen and oxygen atoms in total. The fourth-order valence-corrected chi connectivity index (χ4v) is 0.467. The second-order valence-corrected chi connectivity index (χ2v) is 1.63. The van der Waals surface area contributed by atoms with E-state index in [1.807, 2.05) is 22.6 Å². The maximum Gasteiger partial charge on any atom is 0.244 e. The molecule has 0 atom stereocenters. The first-order valence-electron chi connectivity index (χ1n) is 1.79. The summed E-state index contributed by atoms with van der Waals surface area (Å²) in [7, 11) is 1.60. The van der Waals surface area contributed by atoms with Crippen LogP contribution in [0.1, 0.15) is 0 Å². The minimum atomic E-state index is -0.0607. The maximum absolute atomic E-state index is 10.2. The quantitative estimate of drug-likeness (QED) is 0.501. The first-order chi connectivity index (χ1) is 3.31. The van der Waals surface area contributed by atoms with Crippen molar-refractivity contribution >= 4 is 28.5 Å². The highest BCUT2D eigenvalue weighted by Crippen LogP contribution is 1.81. The van der Waals surface area contributed by atoms with Crippen LogP contribution >= 0.6 is 22.6 Å². The summed E-state index contributed by atoms with van der Waals surface area (Å²) < 4.78 is 1.66. The molecule has 0 aliphatic heterocycles. The Morgan fingerprint density at radius 1 is 1.86 bits per heavy atom. The van der Waals surface area contributed by atoms with Crippen molar-refractivity contribution in [2.24, 2.45) is 0 Å². The van der Waals surface area contributed by atoms with Crippen LogP contribution in [0.4, 0.5) is 0 Å². The summed E-state index contributed by atoms with van der Waals surface area (Å²) in [6, 6.07) is 0. The molecule has 0 aromatic rings. The average molecular weight is 211 g/mol. The Hall–Kier alpha value is -0.0600. The van der Waals surface area contributed by atoms with Crippen LogP contribution < -0.4 is 5.32 Å². The molecule has 0 saturated carbocycles. The number of rotatable bonds is 1. The average Bonchev–Trinajstić information content (AvgIpc) is 1.68. The summed E-state index contributed by atoms with van der Waals surface area (Å²) in [6.45, 7) is 0. The lowest BCUT2D eigenvalue weighted by Crippen LogP contribution is -2.13. The zero-order valence-electron chi connectivity index (χ0n) is 3.94. The van der Waals surface area contributed by atoms with Crippen molar-refractivity contribution in [1.29, 1.82) is 0 Å². The molecular formula is C4H6INO. The van der Waals surface area contributed by atoms with Gasteiger partial charge in [-0.05, 0) is 4.08 Å². The van der Waals surface area contributed by atoms with Crippen LogP contribution in [0.15, 0.2) is 10.2 Å². The van der Waals surface area contributed by atoms with Crippen LogP contribution in [-0.2, 0) is 4.79 Å². The molecule has 0 spiro atoms. The molecule has 7 heavy (non-hydrogen) atoms. The van der Waals surface area contributed by atoms with Gasteiger partial charge in [0.1, 0.15) is 0 Å². The lowest BCUT2D eigenvalue weighted by molar-refractivity contribution is -0.116. The van der Waals surface area contributed by atoms with Crippen LogP contribution in [0, 0.1) is 0 Å². The van der Waals surface area contributed by atoms with Crippen molar-refractivity contribution in [3.8, 4) is 0 Å². The summed E-state index contributed by atoms with van der Waals surface area (Å²) in [5, 5.41) is 2.44. The monoisotopic (exact) mass is 211 g/mol. The Morgan fingerprint density at radius 2 is 2.43 bits per heavy atom. The molecule has 0 aliphatic carbocycles. The van der Waals surface area contributed by atoms with Gasteiger partial charge in [-0.3, -0.25) is 4.79 Å². The lowest BCUT2D eigenvalue weighted by atomic mass is 10.6. The number of amides is 1. The zero-order chi connectivity index (χ0) is 5.70. The molecule has 1 N–H and O–H groups in total. The lowest BCUT2D eigenvalue weighted by Gasteiger charge is -1.83. The number of hydrogen-bond donors (Lipinski definition) is 1. The highest BCUT2D eigenvalue weighted by Gasteiger charge is 1.81. The smallest absolute Gasteiger partial charge is 0.244 e. The second-order valence-electron chi connectivity index (χ2n) is 0.907. The number of nitrogens with one attached hydrogen (secondary N) is 1. The Kier molecular flexibility index (Phi) is 4.07. The van der Waals surface area contributed by atoms with Crippen molar-refractivity contribution in [3.63, 3.8) is 0 Å².